The number of carbonyl (C=O) groups excluding carboxylic acids is 1. The van der Waals surface area contributed by atoms with Crippen molar-refractivity contribution in [3.8, 4) is 5.69 Å². The Labute approximate surface area is 103 Å². The fraction of sp³-hybridized carbons (Fsp3) is 0.0909. The Morgan fingerprint density at radius 2 is 2.18 bits per heavy atom. The third kappa shape index (κ3) is 2.30. The molecule has 0 unspecified atom stereocenters. The largest absolute Gasteiger partial charge is 0.364 e. The van der Waals surface area contributed by atoms with Gasteiger partial charge in [-0.3, -0.25) is 4.79 Å². The van der Waals surface area contributed by atoms with Gasteiger partial charge in [-0.05, 0) is 23.8 Å². The zero-order valence-electron chi connectivity index (χ0n) is 8.93. The molecule has 0 saturated heterocycles. The fourth-order valence-corrected chi connectivity index (χ4v) is 1.74. The van der Waals surface area contributed by atoms with E-state index in [1.807, 2.05) is 6.07 Å². The van der Waals surface area contributed by atoms with Crippen molar-refractivity contribution in [2.24, 2.45) is 11.5 Å². The number of nitrogens with zero attached hydrogens (tertiary/aromatic N) is 2. The van der Waals surface area contributed by atoms with Gasteiger partial charge in [0.2, 0.25) is 0 Å². The van der Waals surface area contributed by atoms with Crippen LogP contribution in [-0.2, 0) is 6.54 Å². The molecule has 0 atom stereocenters. The lowest BCUT2D eigenvalue weighted by molar-refractivity contribution is 0.0995. The first-order chi connectivity index (χ1) is 8.11. The Morgan fingerprint density at radius 1 is 1.41 bits per heavy atom. The topological polar surface area (TPSA) is 86.9 Å². The third-order valence-electron chi connectivity index (χ3n) is 2.34. The second-order valence-electron chi connectivity index (χ2n) is 3.50. The van der Waals surface area contributed by atoms with E-state index < -0.39 is 5.91 Å². The quantitative estimate of drug-likeness (QED) is 0.855. The van der Waals surface area contributed by atoms with Gasteiger partial charge >= 0.3 is 0 Å². The summed E-state index contributed by atoms with van der Waals surface area (Å²) in [7, 11) is 0. The van der Waals surface area contributed by atoms with Gasteiger partial charge in [0.1, 0.15) is 5.69 Å². The fourth-order valence-electron chi connectivity index (χ4n) is 1.45. The normalized spacial score (nSPS) is 10.5. The van der Waals surface area contributed by atoms with Gasteiger partial charge in [-0.1, -0.05) is 17.7 Å². The average molecular weight is 251 g/mol. The van der Waals surface area contributed by atoms with Crippen LogP contribution < -0.4 is 11.5 Å². The molecule has 0 fully saturated rings. The number of hydrogen-bond donors (Lipinski definition) is 2. The summed E-state index contributed by atoms with van der Waals surface area (Å²) in [6, 6.07) is 6.95. The maximum atomic E-state index is 10.9. The summed E-state index contributed by atoms with van der Waals surface area (Å²) < 4.78 is 1.50. The number of carbonyl (C=O) groups is 1. The molecule has 0 radical (unpaired) electrons. The number of aromatic nitrogens is 2. The maximum absolute atomic E-state index is 10.9. The van der Waals surface area contributed by atoms with Gasteiger partial charge in [0.25, 0.3) is 5.91 Å². The minimum atomic E-state index is -0.571. The second kappa shape index (κ2) is 4.57. The second-order valence-corrected chi connectivity index (χ2v) is 3.91. The van der Waals surface area contributed by atoms with Gasteiger partial charge in [-0.25, -0.2) is 4.68 Å². The predicted molar refractivity (Wildman–Crippen MR) is 65.0 cm³/mol. The summed E-state index contributed by atoms with van der Waals surface area (Å²) in [5.41, 5.74) is 12.4. The summed E-state index contributed by atoms with van der Waals surface area (Å²) in [5, 5.41) is 4.54. The summed E-state index contributed by atoms with van der Waals surface area (Å²) in [6.45, 7) is 0.422. The Bertz CT molecular complexity index is 564. The number of rotatable bonds is 3. The zero-order valence-corrected chi connectivity index (χ0v) is 9.69. The van der Waals surface area contributed by atoms with Crippen LogP contribution in [0.5, 0.6) is 0 Å². The van der Waals surface area contributed by atoms with E-state index in [-0.39, 0.29) is 5.69 Å². The first kappa shape index (κ1) is 11.6. The highest BCUT2D eigenvalue weighted by Gasteiger charge is 2.08. The Hall–Kier alpha value is -1.85. The highest BCUT2D eigenvalue weighted by atomic mass is 35.5. The number of nitrogens with two attached hydrogens (primary N) is 2. The molecular weight excluding hydrogens is 240 g/mol. The van der Waals surface area contributed by atoms with Crippen molar-refractivity contribution in [3.05, 3.63) is 46.7 Å². The van der Waals surface area contributed by atoms with Crippen LogP contribution in [0.25, 0.3) is 5.69 Å². The molecule has 0 aliphatic rings. The van der Waals surface area contributed by atoms with Crippen LogP contribution in [0.1, 0.15) is 16.1 Å². The van der Waals surface area contributed by atoms with Gasteiger partial charge in [-0.15, -0.1) is 0 Å². The average Bonchev–Trinajstić information content (AvgIpc) is 2.78. The monoisotopic (exact) mass is 250 g/mol. The van der Waals surface area contributed by atoms with E-state index >= 15 is 0 Å². The Morgan fingerprint density at radius 3 is 2.71 bits per heavy atom. The Balaban J connectivity index is 2.42. The zero-order chi connectivity index (χ0) is 12.4. The number of benzene rings is 1. The molecule has 1 amide bonds. The standard InChI is InChI=1S/C11H11ClN4O/c12-8-5-7(6-13)1-2-10(8)16-4-3-9(15-16)11(14)17/h1-5H,6,13H2,(H2,14,17). The summed E-state index contributed by atoms with van der Waals surface area (Å²) in [6.07, 6.45) is 1.63. The molecule has 1 heterocycles. The van der Waals surface area contributed by atoms with Gasteiger partial charge < -0.3 is 11.5 Å². The number of amides is 1. The summed E-state index contributed by atoms with van der Waals surface area (Å²) in [4.78, 5) is 10.9. The first-order valence-electron chi connectivity index (χ1n) is 4.96. The highest BCUT2D eigenvalue weighted by molar-refractivity contribution is 6.32. The van der Waals surface area contributed by atoms with Crippen LogP contribution in [0.2, 0.25) is 5.02 Å². The highest BCUT2D eigenvalue weighted by Crippen LogP contribution is 2.21. The van der Waals surface area contributed by atoms with Crippen molar-refractivity contribution in [1.82, 2.24) is 9.78 Å². The van der Waals surface area contributed by atoms with Crippen molar-refractivity contribution >= 4 is 17.5 Å². The van der Waals surface area contributed by atoms with E-state index in [1.54, 1.807) is 18.3 Å². The van der Waals surface area contributed by atoms with Crippen LogP contribution in [0.4, 0.5) is 0 Å². The summed E-state index contributed by atoms with van der Waals surface area (Å²) >= 11 is 6.10. The molecule has 0 spiro atoms. The van der Waals surface area contributed by atoms with Crippen molar-refractivity contribution in [3.63, 3.8) is 0 Å². The number of halogens is 1. The molecular formula is C11H11ClN4O. The number of hydrogen-bond acceptors (Lipinski definition) is 3. The maximum Gasteiger partial charge on any atom is 0.269 e. The lowest BCUT2D eigenvalue weighted by Crippen LogP contribution is -2.12. The molecule has 2 aromatic rings. The molecule has 6 heteroatoms. The predicted octanol–water partition coefficient (Wildman–Crippen LogP) is 1.08. The molecule has 17 heavy (non-hydrogen) atoms. The molecule has 0 saturated carbocycles. The SMILES string of the molecule is NCc1ccc(-n2ccc(C(N)=O)n2)c(Cl)c1. The van der Waals surface area contributed by atoms with Crippen LogP contribution in [0.15, 0.2) is 30.5 Å². The van der Waals surface area contributed by atoms with Crippen LogP contribution in [0.3, 0.4) is 0 Å². The van der Waals surface area contributed by atoms with Crippen LogP contribution >= 0.6 is 11.6 Å². The first-order valence-corrected chi connectivity index (χ1v) is 5.34. The molecule has 0 aliphatic carbocycles. The van der Waals surface area contributed by atoms with E-state index in [2.05, 4.69) is 5.10 Å². The van der Waals surface area contributed by atoms with Crippen molar-refractivity contribution in [2.75, 3.05) is 0 Å². The van der Waals surface area contributed by atoms with Crippen molar-refractivity contribution < 1.29 is 4.79 Å². The minimum absolute atomic E-state index is 0.198. The van der Waals surface area contributed by atoms with Crippen LogP contribution in [0, 0.1) is 0 Å². The van der Waals surface area contributed by atoms with E-state index in [0.29, 0.717) is 17.3 Å². The van der Waals surface area contributed by atoms with E-state index in [4.69, 9.17) is 23.1 Å². The molecule has 88 valence electrons. The molecule has 0 aliphatic heterocycles. The number of primary amides is 1. The summed E-state index contributed by atoms with van der Waals surface area (Å²) in [5.74, 6) is -0.571. The van der Waals surface area contributed by atoms with Gasteiger partial charge in [-0.2, -0.15) is 5.10 Å². The lowest BCUT2D eigenvalue weighted by atomic mass is 10.2. The minimum Gasteiger partial charge on any atom is -0.364 e. The van der Waals surface area contributed by atoms with E-state index in [9.17, 15) is 4.79 Å². The van der Waals surface area contributed by atoms with Gasteiger partial charge in [0.15, 0.2) is 0 Å². The van der Waals surface area contributed by atoms with E-state index in [0.717, 1.165) is 5.56 Å². The van der Waals surface area contributed by atoms with Crippen molar-refractivity contribution in [1.29, 1.82) is 0 Å². The molecule has 5 nitrogen and oxygen atoms in total. The lowest BCUT2D eigenvalue weighted by Gasteiger charge is -2.05. The molecule has 1 aromatic heterocycles. The third-order valence-corrected chi connectivity index (χ3v) is 2.64. The van der Waals surface area contributed by atoms with Crippen LogP contribution in [-0.4, -0.2) is 15.7 Å². The van der Waals surface area contributed by atoms with Gasteiger partial charge in [0.05, 0.1) is 10.7 Å². The molecule has 2 rings (SSSR count). The van der Waals surface area contributed by atoms with E-state index in [1.165, 1.54) is 10.7 Å². The van der Waals surface area contributed by atoms with Crippen molar-refractivity contribution in [2.45, 2.75) is 6.54 Å². The smallest absolute Gasteiger partial charge is 0.269 e. The molecule has 0 bridgehead atoms. The Kier molecular flexibility index (Phi) is 3.12. The van der Waals surface area contributed by atoms with Gasteiger partial charge in [0, 0.05) is 12.7 Å². The molecule has 4 N–H and O–H groups in total. The molecule has 1 aromatic carbocycles.